The van der Waals surface area contributed by atoms with Crippen LogP contribution in [0, 0.1) is 11.8 Å². The number of alkyl halides is 1. The molecule has 1 N–H and O–H groups in total. The highest BCUT2D eigenvalue weighted by Crippen LogP contribution is 2.29. The van der Waals surface area contributed by atoms with Crippen molar-refractivity contribution in [3.05, 3.63) is 24.2 Å². The summed E-state index contributed by atoms with van der Waals surface area (Å²) in [5.74, 6) is 0.453. The number of esters is 1. The van der Waals surface area contributed by atoms with Crippen molar-refractivity contribution in [2.24, 2.45) is 11.8 Å². The molecular weight excluding hydrogens is 354 g/mol. The van der Waals surface area contributed by atoms with Gasteiger partial charge in [-0.1, -0.05) is 12.8 Å². The second-order valence-electron chi connectivity index (χ2n) is 7.48. The standard InChI is InChI=1S/C20H28ClNO4/c21-15-9-7-14(8-10-15)19(23)13-26-20(24)17-5-1-2-6-18(17)22-12-16-4-3-11-25-16/h3-4,11,14-15,17-18,22H,1-2,5-10,12-13H2. The molecule has 6 heteroatoms. The highest BCUT2D eigenvalue weighted by molar-refractivity contribution is 6.20. The van der Waals surface area contributed by atoms with E-state index in [0.717, 1.165) is 57.1 Å². The van der Waals surface area contributed by atoms with Crippen LogP contribution in [-0.2, 0) is 20.9 Å². The molecular formula is C20H28ClNO4. The van der Waals surface area contributed by atoms with Crippen LogP contribution >= 0.6 is 11.6 Å². The average molecular weight is 382 g/mol. The zero-order valence-electron chi connectivity index (χ0n) is 15.1. The molecule has 2 aliphatic rings. The first-order chi connectivity index (χ1) is 12.6. The summed E-state index contributed by atoms with van der Waals surface area (Å²) in [6, 6.07) is 3.84. The lowest BCUT2D eigenvalue weighted by Crippen LogP contribution is -2.43. The van der Waals surface area contributed by atoms with Gasteiger partial charge in [0.1, 0.15) is 12.4 Å². The van der Waals surface area contributed by atoms with Crippen molar-refractivity contribution in [1.29, 1.82) is 0 Å². The molecule has 2 saturated carbocycles. The van der Waals surface area contributed by atoms with Crippen molar-refractivity contribution >= 4 is 23.4 Å². The van der Waals surface area contributed by atoms with Crippen LogP contribution < -0.4 is 5.32 Å². The first-order valence-electron chi connectivity index (χ1n) is 9.72. The number of hydrogen-bond donors (Lipinski definition) is 1. The van der Waals surface area contributed by atoms with Gasteiger partial charge in [-0.2, -0.15) is 0 Å². The van der Waals surface area contributed by atoms with E-state index < -0.39 is 0 Å². The number of rotatable bonds is 7. The van der Waals surface area contributed by atoms with E-state index in [1.807, 2.05) is 12.1 Å². The normalized spacial score (nSPS) is 29.3. The summed E-state index contributed by atoms with van der Waals surface area (Å²) in [5, 5.41) is 3.60. The summed E-state index contributed by atoms with van der Waals surface area (Å²) in [5.41, 5.74) is 0. The van der Waals surface area contributed by atoms with Gasteiger partial charge in [0.15, 0.2) is 5.78 Å². The molecule has 5 nitrogen and oxygen atoms in total. The molecule has 0 spiro atoms. The number of ether oxygens (including phenoxy) is 1. The summed E-state index contributed by atoms with van der Waals surface area (Å²) in [6.07, 6.45) is 8.86. The van der Waals surface area contributed by atoms with E-state index in [0.29, 0.717) is 6.54 Å². The van der Waals surface area contributed by atoms with Gasteiger partial charge in [0.25, 0.3) is 0 Å². The summed E-state index contributed by atoms with van der Waals surface area (Å²) >= 11 is 6.09. The van der Waals surface area contributed by atoms with Crippen LogP contribution in [-0.4, -0.2) is 29.8 Å². The molecule has 0 amide bonds. The smallest absolute Gasteiger partial charge is 0.310 e. The molecule has 1 aromatic heterocycles. The van der Waals surface area contributed by atoms with E-state index in [1.54, 1.807) is 6.26 Å². The lowest BCUT2D eigenvalue weighted by molar-refractivity contribution is -0.155. The predicted molar refractivity (Wildman–Crippen MR) is 98.9 cm³/mol. The minimum Gasteiger partial charge on any atom is -0.468 e. The molecule has 0 saturated heterocycles. The number of carbonyl (C=O) groups is 2. The first-order valence-corrected chi connectivity index (χ1v) is 10.2. The van der Waals surface area contributed by atoms with E-state index in [-0.39, 0.29) is 41.6 Å². The molecule has 144 valence electrons. The Morgan fingerprint density at radius 2 is 1.92 bits per heavy atom. The van der Waals surface area contributed by atoms with E-state index >= 15 is 0 Å². The summed E-state index contributed by atoms with van der Waals surface area (Å²) < 4.78 is 10.7. The van der Waals surface area contributed by atoms with Crippen molar-refractivity contribution < 1.29 is 18.7 Å². The number of hydrogen-bond acceptors (Lipinski definition) is 5. The van der Waals surface area contributed by atoms with Crippen LogP contribution in [0.15, 0.2) is 22.8 Å². The Balaban J connectivity index is 1.46. The number of halogens is 1. The fourth-order valence-electron chi connectivity index (χ4n) is 4.04. The van der Waals surface area contributed by atoms with Gasteiger partial charge in [0.2, 0.25) is 0 Å². The first kappa shape index (κ1) is 19.4. The monoisotopic (exact) mass is 381 g/mol. The van der Waals surface area contributed by atoms with Crippen LogP contribution in [0.4, 0.5) is 0 Å². The minimum atomic E-state index is -0.249. The topological polar surface area (TPSA) is 68.5 Å². The summed E-state index contributed by atoms with van der Waals surface area (Å²) in [7, 11) is 0. The SMILES string of the molecule is O=C(COC(=O)C1CCCCC1NCc1ccco1)C1CCC(Cl)CC1. The molecule has 1 aromatic rings. The maximum absolute atomic E-state index is 12.6. The maximum Gasteiger partial charge on any atom is 0.310 e. The van der Waals surface area contributed by atoms with Crippen molar-refractivity contribution in [2.45, 2.75) is 69.3 Å². The Hall–Kier alpha value is -1.33. The van der Waals surface area contributed by atoms with Gasteiger partial charge in [-0.25, -0.2) is 0 Å². The Bertz CT molecular complexity index is 581. The molecule has 0 aromatic carbocycles. The number of Topliss-reactive ketones (excluding diaryl/α,β-unsaturated/α-hetero) is 1. The molecule has 0 aliphatic heterocycles. The Morgan fingerprint density at radius 1 is 1.15 bits per heavy atom. The second kappa shape index (κ2) is 9.56. The van der Waals surface area contributed by atoms with Gasteiger partial charge >= 0.3 is 5.97 Å². The fraction of sp³-hybridized carbons (Fsp3) is 0.700. The molecule has 0 radical (unpaired) electrons. The van der Waals surface area contributed by atoms with E-state index in [9.17, 15) is 9.59 Å². The van der Waals surface area contributed by atoms with Crippen LogP contribution in [0.1, 0.15) is 57.1 Å². The van der Waals surface area contributed by atoms with Crippen LogP contribution in [0.5, 0.6) is 0 Å². The molecule has 2 fully saturated rings. The van der Waals surface area contributed by atoms with Crippen LogP contribution in [0.3, 0.4) is 0 Å². The molecule has 2 aliphatic carbocycles. The van der Waals surface area contributed by atoms with Gasteiger partial charge in [-0.15, -0.1) is 11.6 Å². The third-order valence-electron chi connectivity index (χ3n) is 5.66. The minimum absolute atomic E-state index is 0.00275. The van der Waals surface area contributed by atoms with Gasteiger partial charge < -0.3 is 14.5 Å². The van der Waals surface area contributed by atoms with Crippen LogP contribution in [0.25, 0.3) is 0 Å². The second-order valence-corrected chi connectivity index (χ2v) is 8.10. The Kier molecular flexibility index (Phi) is 7.15. The molecule has 1 heterocycles. The van der Waals surface area contributed by atoms with Gasteiger partial charge in [-0.3, -0.25) is 9.59 Å². The molecule has 26 heavy (non-hydrogen) atoms. The summed E-state index contributed by atoms with van der Waals surface area (Å²) in [6.45, 7) is 0.500. The molecule has 2 atom stereocenters. The van der Waals surface area contributed by atoms with Gasteiger partial charge in [0, 0.05) is 17.3 Å². The van der Waals surface area contributed by atoms with Gasteiger partial charge in [0.05, 0.1) is 18.7 Å². The Morgan fingerprint density at radius 3 is 2.65 bits per heavy atom. The average Bonchev–Trinajstić information content (AvgIpc) is 3.18. The molecule has 2 unspecified atom stereocenters. The highest BCUT2D eigenvalue weighted by Gasteiger charge is 2.33. The van der Waals surface area contributed by atoms with E-state index in [4.69, 9.17) is 20.8 Å². The predicted octanol–water partition coefficient (Wildman–Crippen LogP) is 3.84. The van der Waals surface area contributed by atoms with Gasteiger partial charge in [-0.05, 0) is 50.7 Å². The number of furan rings is 1. The fourth-order valence-corrected chi connectivity index (χ4v) is 4.30. The van der Waals surface area contributed by atoms with E-state index in [2.05, 4.69) is 5.32 Å². The lowest BCUT2D eigenvalue weighted by atomic mass is 9.84. The Labute approximate surface area is 159 Å². The van der Waals surface area contributed by atoms with Crippen molar-refractivity contribution in [2.75, 3.05) is 6.61 Å². The van der Waals surface area contributed by atoms with Crippen molar-refractivity contribution in [3.63, 3.8) is 0 Å². The number of ketones is 1. The largest absolute Gasteiger partial charge is 0.468 e. The maximum atomic E-state index is 12.6. The molecule has 0 bridgehead atoms. The zero-order valence-corrected chi connectivity index (χ0v) is 15.9. The quantitative estimate of drug-likeness (QED) is 0.574. The third kappa shape index (κ3) is 5.34. The molecule has 3 rings (SSSR count). The third-order valence-corrected chi connectivity index (χ3v) is 6.09. The lowest BCUT2D eigenvalue weighted by Gasteiger charge is -2.30. The number of carbonyl (C=O) groups excluding carboxylic acids is 2. The zero-order chi connectivity index (χ0) is 18.4. The van der Waals surface area contributed by atoms with Crippen molar-refractivity contribution in [1.82, 2.24) is 5.32 Å². The number of nitrogens with one attached hydrogen (secondary N) is 1. The van der Waals surface area contributed by atoms with E-state index in [1.165, 1.54) is 0 Å². The van der Waals surface area contributed by atoms with Crippen LogP contribution in [0.2, 0.25) is 0 Å². The summed E-state index contributed by atoms with van der Waals surface area (Å²) in [4.78, 5) is 24.9. The van der Waals surface area contributed by atoms with Crippen molar-refractivity contribution in [3.8, 4) is 0 Å². The highest BCUT2D eigenvalue weighted by atomic mass is 35.5.